The van der Waals surface area contributed by atoms with Gasteiger partial charge in [0.25, 0.3) is 0 Å². The molecule has 186 valence electrons. The molecule has 0 aliphatic heterocycles. The zero-order valence-electron chi connectivity index (χ0n) is 21.3. The van der Waals surface area contributed by atoms with Gasteiger partial charge in [0.15, 0.2) is 0 Å². The number of carbonyl (C=O) groups excluding carboxylic acids is 1. The first-order valence-corrected chi connectivity index (χ1v) is 12.5. The number of esters is 1. The molecule has 0 saturated carbocycles. The molecule has 0 radical (unpaired) electrons. The van der Waals surface area contributed by atoms with Crippen LogP contribution in [0.25, 0.3) is 0 Å². The maximum atomic E-state index is 12.6. The molecule has 0 aromatic heterocycles. The van der Waals surface area contributed by atoms with Crippen LogP contribution < -0.4 is 0 Å². The minimum atomic E-state index is -0.539. The Labute approximate surface area is 209 Å². The number of hydrogen-bond acceptors (Lipinski definition) is 4. The van der Waals surface area contributed by atoms with Gasteiger partial charge in [-0.3, -0.25) is 4.79 Å². The molecule has 0 aliphatic carbocycles. The summed E-state index contributed by atoms with van der Waals surface area (Å²) in [6.45, 7) is 6.42. The van der Waals surface area contributed by atoms with Gasteiger partial charge in [0, 0.05) is 5.41 Å². The third-order valence-corrected chi connectivity index (χ3v) is 7.35. The molecular weight excluding hydrogens is 436 g/mol. The average Bonchev–Trinajstić information content (AvgIpc) is 2.88. The Morgan fingerprint density at radius 3 is 1.80 bits per heavy atom. The Kier molecular flexibility index (Phi) is 8.97. The third kappa shape index (κ3) is 6.45. The minimum Gasteiger partial charge on any atom is -0.508 e. The van der Waals surface area contributed by atoms with E-state index in [2.05, 4.69) is 38.1 Å². The second kappa shape index (κ2) is 11.9. The molecule has 3 rings (SSSR count). The lowest BCUT2D eigenvalue weighted by atomic mass is 9.63. The highest BCUT2D eigenvalue weighted by Crippen LogP contribution is 2.48. The van der Waals surface area contributed by atoms with Gasteiger partial charge in [-0.25, -0.2) is 0 Å². The summed E-state index contributed by atoms with van der Waals surface area (Å²) in [7, 11) is 1.43. The zero-order valence-corrected chi connectivity index (χ0v) is 21.3. The molecule has 0 fully saturated rings. The maximum Gasteiger partial charge on any atom is 0.308 e. The van der Waals surface area contributed by atoms with Gasteiger partial charge in [-0.1, -0.05) is 81.8 Å². The molecule has 3 aromatic rings. The maximum absolute atomic E-state index is 12.6. The number of phenolic OH excluding ortho intramolecular Hbond substituents is 2. The first-order valence-electron chi connectivity index (χ1n) is 12.5. The van der Waals surface area contributed by atoms with Gasteiger partial charge < -0.3 is 14.9 Å². The topological polar surface area (TPSA) is 66.8 Å². The molecule has 0 heterocycles. The van der Waals surface area contributed by atoms with E-state index in [1.807, 2.05) is 37.3 Å². The molecule has 4 nitrogen and oxygen atoms in total. The number of ether oxygens (including phenoxy) is 1. The normalized spacial score (nSPS) is 14.2. The molecule has 0 spiro atoms. The molecule has 0 amide bonds. The summed E-state index contributed by atoms with van der Waals surface area (Å²) in [5, 5.41) is 20.1. The van der Waals surface area contributed by atoms with Gasteiger partial charge in [-0.15, -0.1) is 0 Å². The van der Waals surface area contributed by atoms with Crippen molar-refractivity contribution < 1.29 is 19.7 Å². The van der Waals surface area contributed by atoms with Crippen molar-refractivity contribution in [3.8, 4) is 11.5 Å². The predicted molar refractivity (Wildman–Crippen MR) is 141 cm³/mol. The van der Waals surface area contributed by atoms with E-state index in [1.54, 1.807) is 24.3 Å². The van der Waals surface area contributed by atoms with Crippen molar-refractivity contribution >= 4 is 5.97 Å². The highest BCUT2D eigenvalue weighted by atomic mass is 16.5. The van der Waals surface area contributed by atoms with E-state index in [0.29, 0.717) is 12.3 Å². The van der Waals surface area contributed by atoms with Crippen LogP contribution in [-0.4, -0.2) is 23.3 Å². The first-order chi connectivity index (χ1) is 16.8. The fourth-order valence-corrected chi connectivity index (χ4v) is 5.23. The number of carbonyl (C=O) groups is 1. The van der Waals surface area contributed by atoms with Gasteiger partial charge in [-0.05, 0) is 72.1 Å². The van der Waals surface area contributed by atoms with Crippen LogP contribution >= 0.6 is 0 Å². The zero-order chi connectivity index (χ0) is 25.4. The standard InChI is InChI=1S/C31H38O4/c1-5-22(2)19-25(24-9-7-6-8-10-24)21-31(20-23(3)30(34)35-4,26-11-15-28(32)16-12-26)27-13-17-29(33)18-14-27/h6-18,22-23,25,32-33H,5,19-21H2,1-4H3. The van der Waals surface area contributed by atoms with Crippen molar-refractivity contribution in [3.05, 3.63) is 95.6 Å². The summed E-state index contributed by atoms with van der Waals surface area (Å²) in [6.07, 6.45) is 3.43. The van der Waals surface area contributed by atoms with Crippen LogP contribution in [0.1, 0.15) is 69.1 Å². The van der Waals surface area contributed by atoms with Crippen LogP contribution in [0.5, 0.6) is 11.5 Å². The Bertz CT molecular complexity index is 1010. The van der Waals surface area contributed by atoms with Crippen molar-refractivity contribution in [1.82, 2.24) is 0 Å². The Hall–Kier alpha value is -3.27. The molecular formula is C31H38O4. The number of aromatic hydroxyl groups is 2. The first kappa shape index (κ1) is 26.3. The summed E-state index contributed by atoms with van der Waals surface area (Å²) >= 11 is 0. The second-order valence-electron chi connectivity index (χ2n) is 9.87. The van der Waals surface area contributed by atoms with Crippen molar-refractivity contribution in [1.29, 1.82) is 0 Å². The lowest BCUT2D eigenvalue weighted by Gasteiger charge is -2.40. The molecule has 4 heteroatoms. The largest absolute Gasteiger partial charge is 0.508 e. The summed E-state index contributed by atoms with van der Waals surface area (Å²) < 4.78 is 5.12. The van der Waals surface area contributed by atoms with Crippen molar-refractivity contribution in [2.24, 2.45) is 11.8 Å². The monoisotopic (exact) mass is 474 g/mol. The number of hydrogen-bond donors (Lipinski definition) is 2. The molecule has 3 aromatic carbocycles. The van der Waals surface area contributed by atoms with Crippen molar-refractivity contribution in [2.75, 3.05) is 7.11 Å². The summed E-state index contributed by atoms with van der Waals surface area (Å²) in [5.74, 6) is 0.601. The van der Waals surface area contributed by atoms with E-state index < -0.39 is 5.41 Å². The van der Waals surface area contributed by atoms with E-state index in [0.717, 1.165) is 30.4 Å². The van der Waals surface area contributed by atoms with E-state index in [1.165, 1.54) is 12.7 Å². The summed E-state index contributed by atoms with van der Waals surface area (Å²) in [4.78, 5) is 12.6. The molecule has 35 heavy (non-hydrogen) atoms. The van der Waals surface area contributed by atoms with Gasteiger partial charge in [0.05, 0.1) is 13.0 Å². The summed E-state index contributed by atoms with van der Waals surface area (Å²) in [6, 6.07) is 25.2. The molecule has 0 bridgehead atoms. The highest BCUT2D eigenvalue weighted by Gasteiger charge is 2.40. The molecule has 2 N–H and O–H groups in total. The van der Waals surface area contributed by atoms with Gasteiger partial charge >= 0.3 is 5.97 Å². The van der Waals surface area contributed by atoms with E-state index in [4.69, 9.17) is 4.74 Å². The smallest absolute Gasteiger partial charge is 0.308 e. The highest BCUT2D eigenvalue weighted by molar-refractivity contribution is 5.72. The predicted octanol–water partition coefficient (Wildman–Crippen LogP) is 7.19. The number of phenols is 2. The van der Waals surface area contributed by atoms with E-state index >= 15 is 0 Å². The van der Waals surface area contributed by atoms with Gasteiger partial charge in [0.1, 0.15) is 11.5 Å². The van der Waals surface area contributed by atoms with Crippen LogP contribution in [-0.2, 0) is 14.9 Å². The van der Waals surface area contributed by atoms with Gasteiger partial charge in [-0.2, -0.15) is 0 Å². The van der Waals surface area contributed by atoms with Crippen molar-refractivity contribution in [2.45, 2.75) is 57.8 Å². The Morgan fingerprint density at radius 2 is 1.34 bits per heavy atom. The van der Waals surface area contributed by atoms with Crippen LogP contribution in [0.4, 0.5) is 0 Å². The van der Waals surface area contributed by atoms with Crippen LogP contribution in [0.3, 0.4) is 0 Å². The lowest BCUT2D eigenvalue weighted by molar-refractivity contribution is -0.145. The van der Waals surface area contributed by atoms with Crippen molar-refractivity contribution in [3.63, 3.8) is 0 Å². The van der Waals surface area contributed by atoms with Gasteiger partial charge in [0.2, 0.25) is 0 Å². The molecule has 3 atom stereocenters. The molecule has 0 aliphatic rings. The number of methoxy groups -OCH3 is 1. The second-order valence-corrected chi connectivity index (χ2v) is 9.87. The number of benzene rings is 3. The molecule has 0 saturated heterocycles. The number of rotatable bonds is 11. The quantitative estimate of drug-likeness (QED) is 0.289. The van der Waals surface area contributed by atoms with Crippen LogP contribution in [0.15, 0.2) is 78.9 Å². The van der Waals surface area contributed by atoms with E-state index in [-0.39, 0.29) is 29.3 Å². The fourth-order valence-electron chi connectivity index (χ4n) is 5.23. The molecule has 3 unspecified atom stereocenters. The van der Waals surface area contributed by atoms with E-state index in [9.17, 15) is 15.0 Å². The fraction of sp³-hybridized carbons (Fsp3) is 0.387. The van der Waals surface area contributed by atoms with Crippen LogP contribution in [0.2, 0.25) is 0 Å². The Balaban J connectivity index is 2.22. The average molecular weight is 475 g/mol. The van der Waals surface area contributed by atoms with Crippen LogP contribution in [0, 0.1) is 11.8 Å². The third-order valence-electron chi connectivity index (χ3n) is 7.35. The SMILES string of the molecule is CCC(C)CC(CC(CC(C)C(=O)OC)(c1ccc(O)cc1)c1ccc(O)cc1)c1ccccc1. The lowest BCUT2D eigenvalue weighted by Crippen LogP contribution is -2.35. The summed E-state index contributed by atoms with van der Waals surface area (Å²) in [5.41, 5.74) is 2.80. The minimum absolute atomic E-state index is 0.202. The Morgan fingerprint density at radius 1 is 0.829 bits per heavy atom.